The van der Waals surface area contributed by atoms with E-state index in [4.69, 9.17) is 4.74 Å². The van der Waals surface area contributed by atoms with Crippen LogP contribution >= 0.6 is 0 Å². The third-order valence-corrected chi connectivity index (χ3v) is 6.70. The van der Waals surface area contributed by atoms with E-state index < -0.39 is 5.82 Å². The van der Waals surface area contributed by atoms with Gasteiger partial charge in [0.15, 0.2) is 5.82 Å². The van der Waals surface area contributed by atoms with Gasteiger partial charge in [-0.05, 0) is 51.1 Å². The van der Waals surface area contributed by atoms with E-state index in [1.165, 1.54) is 6.20 Å². The Hall–Kier alpha value is -3.37. The van der Waals surface area contributed by atoms with Gasteiger partial charge in [-0.1, -0.05) is 0 Å². The van der Waals surface area contributed by atoms with Crippen molar-refractivity contribution in [1.82, 2.24) is 29.3 Å². The van der Waals surface area contributed by atoms with Gasteiger partial charge in [0.1, 0.15) is 11.5 Å². The summed E-state index contributed by atoms with van der Waals surface area (Å²) in [4.78, 5) is 29.9. The molecule has 184 valence electrons. The molecule has 0 atom stereocenters. The van der Waals surface area contributed by atoms with Crippen molar-refractivity contribution >= 4 is 17.5 Å². The Bertz CT molecular complexity index is 1180. The lowest BCUT2D eigenvalue weighted by atomic mass is 10.1. The first kappa shape index (κ1) is 23.4. The Morgan fingerprint density at radius 1 is 1.06 bits per heavy atom. The van der Waals surface area contributed by atoms with E-state index in [1.54, 1.807) is 18.3 Å². The largest absolute Gasteiger partial charge is 0.381 e. The quantitative estimate of drug-likeness (QED) is 0.601. The summed E-state index contributed by atoms with van der Waals surface area (Å²) in [6, 6.07) is 7.39. The summed E-state index contributed by atoms with van der Waals surface area (Å²) in [5.74, 6) is 0.621. The van der Waals surface area contributed by atoms with Crippen molar-refractivity contribution in [3.05, 3.63) is 53.9 Å². The minimum absolute atomic E-state index is 0.0294. The molecule has 9 nitrogen and oxygen atoms in total. The lowest BCUT2D eigenvalue weighted by Crippen LogP contribution is -2.47. The number of carbonyl (C=O) groups is 1. The molecule has 2 aliphatic rings. The van der Waals surface area contributed by atoms with Crippen LogP contribution in [0.15, 0.2) is 36.7 Å². The molecule has 0 spiro atoms. The summed E-state index contributed by atoms with van der Waals surface area (Å²) in [6.45, 7) is 6.48. The molecule has 0 radical (unpaired) electrons. The van der Waals surface area contributed by atoms with Gasteiger partial charge in [-0.2, -0.15) is 0 Å². The molecule has 1 N–H and O–H groups in total. The predicted molar refractivity (Wildman–Crippen MR) is 130 cm³/mol. The molecular formula is C25H30FN7O2. The van der Waals surface area contributed by atoms with Crippen molar-refractivity contribution in [2.45, 2.75) is 25.8 Å². The summed E-state index contributed by atoms with van der Waals surface area (Å²) >= 11 is 0. The average Bonchev–Trinajstić information content (AvgIpc) is 3.27. The zero-order valence-corrected chi connectivity index (χ0v) is 20.1. The topological polar surface area (TPSA) is 88.4 Å². The molecule has 2 saturated heterocycles. The minimum Gasteiger partial charge on any atom is -0.381 e. The molecule has 0 saturated carbocycles. The van der Waals surface area contributed by atoms with Crippen LogP contribution in [0.4, 0.5) is 16.0 Å². The number of rotatable bonds is 5. The van der Waals surface area contributed by atoms with Gasteiger partial charge >= 0.3 is 0 Å². The number of aromatic nitrogens is 4. The van der Waals surface area contributed by atoms with Gasteiger partial charge in [0.25, 0.3) is 5.91 Å². The number of piperazine rings is 1. The number of ether oxygens (including phenoxy) is 1. The highest BCUT2D eigenvalue weighted by Gasteiger charge is 2.24. The molecule has 2 aromatic heterocycles. The highest BCUT2D eigenvalue weighted by atomic mass is 19.1. The first-order valence-electron chi connectivity index (χ1n) is 12.0. The van der Waals surface area contributed by atoms with Crippen LogP contribution in [0.5, 0.6) is 0 Å². The highest BCUT2D eigenvalue weighted by molar-refractivity contribution is 5.94. The van der Waals surface area contributed by atoms with Crippen LogP contribution in [0, 0.1) is 12.7 Å². The average molecular weight is 480 g/mol. The fraction of sp³-hybridized carbons (Fsp3) is 0.440. The summed E-state index contributed by atoms with van der Waals surface area (Å²) in [7, 11) is 2.06. The number of likely N-dealkylation sites (N-methyl/N-ethyl adjacent to an activating group) is 1. The molecule has 4 heterocycles. The molecule has 0 bridgehead atoms. The molecule has 1 amide bonds. The fourth-order valence-electron chi connectivity index (χ4n) is 4.66. The van der Waals surface area contributed by atoms with Gasteiger partial charge < -0.3 is 24.4 Å². The molecule has 1 aromatic carbocycles. The summed E-state index contributed by atoms with van der Waals surface area (Å²) in [5, 5.41) is 3.13. The van der Waals surface area contributed by atoms with E-state index in [9.17, 15) is 9.18 Å². The predicted octanol–water partition coefficient (Wildman–Crippen LogP) is 3.27. The van der Waals surface area contributed by atoms with Crippen LogP contribution in [-0.4, -0.2) is 81.7 Å². The van der Waals surface area contributed by atoms with E-state index >= 15 is 0 Å². The Morgan fingerprint density at radius 3 is 2.49 bits per heavy atom. The van der Waals surface area contributed by atoms with Crippen molar-refractivity contribution in [1.29, 1.82) is 0 Å². The third-order valence-electron chi connectivity index (χ3n) is 6.70. The maximum absolute atomic E-state index is 14.8. The van der Waals surface area contributed by atoms with Gasteiger partial charge in [0.2, 0.25) is 5.95 Å². The SMILES string of the molecule is Cc1ncc(-c2nc(Nc3ccc(C(=O)N4CCN(C)CC4)cc3)ncc2F)n1C1CCOCC1. The molecule has 2 fully saturated rings. The van der Waals surface area contributed by atoms with Crippen molar-refractivity contribution in [2.24, 2.45) is 0 Å². The Balaban J connectivity index is 1.33. The molecule has 0 aliphatic carbocycles. The maximum atomic E-state index is 14.8. The lowest BCUT2D eigenvalue weighted by molar-refractivity contribution is 0.0664. The first-order valence-corrected chi connectivity index (χ1v) is 12.0. The van der Waals surface area contributed by atoms with Gasteiger partial charge in [-0.3, -0.25) is 4.79 Å². The second-order valence-corrected chi connectivity index (χ2v) is 9.09. The van der Waals surface area contributed by atoms with E-state index in [2.05, 4.69) is 36.8 Å². The van der Waals surface area contributed by atoms with Crippen LogP contribution in [0.1, 0.15) is 35.1 Å². The third kappa shape index (κ3) is 5.03. The van der Waals surface area contributed by atoms with Gasteiger partial charge in [0, 0.05) is 56.7 Å². The van der Waals surface area contributed by atoms with E-state index in [1.807, 2.05) is 24.0 Å². The second-order valence-electron chi connectivity index (χ2n) is 9.09. The number of nitrogens with one attached hydrogen (secondary N) is 1. The smallest absolute Gasteiger partial charge is 0.253 e. The highest BCUT2D eigenvalue weighted by Crippen LogP contribution is 2.31. The summed E-state index contributed by atoms with van der Waals surface area (Å²) in [6.07, 6.45) is 4.54. The molecule has 10 heteroatoms. The number of hydrogen-bond acceptors (Lipinski definition) is 7. The zero-order chi connectivity index (χ0) is 24.4. The first-order chi connectivity index (χ1) is 17.0. The number of hydrogen-bond donors (Lipinski definition) is 1. The second kappa shape index (κ2) is 10.1. The van der Waals surface area contributed by atoms with Crippen molar-refractivity contribution in [3.63, 3.8) is 0 Å². The normalized spacial score (nSPS) is 17.5. The zero-order valence-electron chi connectivity index (χ0n) is 20.1. The number of nitrogens with zero attached hydrogens (tertiary/aromatic N) is 6. The Labute approximate surface area is 204 Å². The Kier molecular flexibility index (Phi) is 6.74. The standard InChI is InChI=1S/C25H30FN7O2/c1-17-27-16-22(33(17)20-7-13-35-14-8-20)23-21(26)15-28-25(30-23)29-19-5-3-18(4-6-19)24(34)32-11-9-31(2)10-12-32/h3-6,15-16,20H,7-14H2,1-2H3,(H,28,29,30). The number of aryl methyl sites for hydroxylation is 1. The fourth-order valence-corrected chi connectivity index (χ4v) is 4.66. The van der Waals surface area contributed by atoms with E-state index in [0.717, 1.165) is 44.8 Å². The summed E-state index contributed by atoms with van der Waals surface area (Å²) < 4.78 is 22.4. The van der Waals surface area contributed by atoms with E-state index in [0.29, 0.717) is 30.2 Å². The number of halogens is 1. The molecule has 5 rings (SSSR count). The van der Waals surface area contributed by atoms with Crippen LogP contribution in [0.2, 0.25) is 0 Å². The monoisotopic (exact) mass is 479 g/mol. The maximum Gasteiger partial charge on any atom is 0.253 e. The number of imidazole rings is 1. The lowest BCUT2D eigenvalue weighted by Gasteiger charge is -2.32. The minimum atomic E-state index is -0.503. The molecule has 35 heavy (non-hydrogen) atoms. The molecular weight excluding hydrogens is 449 g/mol. The van der Waals surface area contributed by atoms with Crippen molar-refractivity contribution in [3.8, 4) is 11.4 Å². The molecule has 2 aliphatic heterocycles. The van der Waals surface area contributed by atoms with Gasteiger partial charge in [0.05, 0.1) is 18.1 Å². The summed E-state index contributed by atoms with van der Waals surface area (Å²) in [5.41, 5.74) is 2.19. The van der Waals surface area contributed by atoms with Crippen LogP contribution in [0.3, 0.4) is 0 Å². The van der Waals surface area contributed by atoms with Crippen LogP contribution < -0.4 is 5.32 Å². The van der Waals surface area contributed by atoms with Gasteiger partial charge in [-0.25, -0.2) is 19.3 Å². The van der Waals surface area contributed by atoms with E-state index in [-0.39, 0.29) is 23.6 Å². The number of amides is 1. The Morgan fingerprint density at radius 2 is 1.77 bits per heavy atom. The van der Waals surface area contributed by atoms with Gasteiger partial charge in [-0.15, -0.1) is 0 Å². The van der Waals surface area contributed by atoms with Crippen molar-refractivity contribution < 1.29 is 13.9 Å². The van der Waals surface area contributed by atoms with Crippen molar-refractivity contribution in [2.75, 3.05) is 51.8 Å². The molecule has 3 aromatic rings. The number of anilines is 2. The van der Waals surface area contributed by atoms with Crippen LogP contribution in [-0.2, 0) is 4.74 Å². The number of carbonyl (C=O) groups excluding carboxylic acids is 1. The van der Waals surface area contributed by atoms with Crippen LogP contribution in [0.25, 0.3) is 11.4 Å². The molecule has 0 unspecified atom stereocenters. The number of benzene rings is 1.